The molecule has 1 N–H and O–H groups in total. The van der Waals surface area contributed by atoms with Gasteiger partial charge in [0.1, 0.15) is 0 Å². The van der Waals surface area contributed by atoms with Crippen molar-refractivity contribution in [2.45, 2.75) is 13.0 Å². The molecule has 4 heteroatoms. The zero-order chi connectivity index (χ0) is 14.0. The lowest BCUT2D eigenvalue weighted by Crippen LogP contribution is -2.18. The molecule has 0 aliphatic carbocycles. The van der Waals surface area contributed by atoms with E-state index in [1.165, 1.54) is 0 Å². The lowest BCUT2D eigenvalue weighted by atomic mass is 9.98. The Kier molecular flexibility index (Phi) is 4.75. The summed E-state index contributed by atoms with van der Waals surface area (Å²) < 4.78 is 0. The summed E-state index contributed by atoms with van der Waals surface area (Å²) in [5, 5.41) is 5.28. The minimum atomic E-state index is -0.0112. The normalized spacial score (nSPS) is 12.5. The lowest BCUT2D eigenvalue weighted by molar-refractivity contribution is 0.692. The van der Waals surface area contributed by atoms with Crippen LogP contribution in [0.1, 0.15) is 22.7 Å². The first-order valence-electron chi connectivity index (χ1n) is 5.91. The van der Waals surface area contributed by atoms with Gasteiger partial charge in [0, 0.05) is 15.1 Å². The molecule has 1 nitrogen and oxygen atoms in total. The monoisotopic (exact) mass is 313 g/mol. The van der Waals surface area contributed by atoms with E-state index in [0.29, 0.717) is 10.0 Å². The first kappa shape index (κ1) is 14.7. The van der Waals surface area contributed by atoms with Crippen LogP contribution in [0.25, 0.3) is 0 Å². The van der Waals surface area contributed by atoms with Crippen molar-refractivity contribution in [2.24, 2.45) is 0 Å². The van der Waals surface area contributed by atoms with Crippen LogP contribution in [0.3, 0.4) is 0 Å². The van der Waals surface area contributed by atoms with Crippen LogP contribution in [-0.4, -0.2) is 7.05 Å². The van der Waals surface area contributed by atoms with E-state index in [1.807, 2.05) is 44.3 Å². The first-order valence-corrected chi connectivity index (χ1v) is 7.04. The molecular formula is C15H14Cl3N. The topological polar surface area (TPSA) is 12.0 Å². The summed E-state index contributed by atoms with van der Waals surface area (Å²) in [4.78, 5) is 0. The Hall–Kier alpha value is -0.730. The van der Waals surface area contributed by atoms with Crippen molar-refractivity contribution in [3.05, 3.63) is 68.2 Å². The Morgan fingerprint density at radius 2 is 1.68 bits per heavy atom. The van der Waals surface area contributed by atoms with Crippen LogP contribution >= 0.6 is 34.8 Å². The molecule has 19 heavy (non-hydrogen) atoms. The molecule has 2 aromatic rings. The molecular weight excluding hydrogens is 301 g/mol. The average molecular weight is 315 g/mol. The van der Waals surface area contributed by atoms with Gasteiger partial charge in [0.25, 0.3) is 0 Å². The van der Waals surface area contributed by atoms with Crippen LogP contribution in [-0.2, 0) is 0 Å². The van der Waals surface area contributed by atoms with Gasteiger partial charge >= 0.3 is 0 Å². The van der Waals surface area contributed by atoms with Gasteiger partial charge in [-0.2, -0.15) is 0 Å². The van der Waals surface area contributed by atoms with Crippen LogP contribution in [0.2, 0.25) is 15.1 Å². The summed E-state index contributed by atoms with van der Waals surface area (Å²) in [5.74, 6) is 0. The van der Waals surface area contributed by atoms with E-state index in [2.05, 4.69) is 5.32 Å². The second kappa shape index (κ2) is 6.15. The Bertz CT molecular complexity index is 596. The molecule has 0 amide bonds. The molecule has 0 aliphatic heterocycles. The molecule has 0 saturated heterocycles. The van der Waals surface area contributed by atoms with Crippen molar-refractivity contribution >= 4 is 34.8 Å². The van der Waals surface area contributed by atoms with Gasteiger partial charge in [-0.15, -0.1) is 0 Å². The van der Waals surface area contributed by atoms with Gasteiger partial charge < -0.3 is 5.32 Å². The molecule has 0 aromatic heterocycles. The lowest BCUT2D eigenvalue weighted by Gasteiger charge is -2.19. The molecule has 1 atom stereocenters. The molecule has 1 unspecified atom stereocenters. The van der Waals surface area contributed by atoms with Gasteiger partial charge in [0.05, 0.1) is 6.04 Å². The largest absolute Gasteiger partial charge is 0.309 e. The van der Waals surface area contributed by atoms with Crippen LogP contribution in [0.5, 0.6) is 0 Å². The number of halogens is 3. The SMILES string of the molecule is CNC(c1ccc(C)c(Cl)c1)c1ccc(Cl)cc1Cl. The molecule has 2 rings (SSSR count). The van der Waals surface area contributed by atoms with E-state index in [9.17, 15) is 0 Å². The Morgan fingerprint density at radius 3 is 2.26 bits per heavy atom. The van der Waals surface area contributed by atoms with Crippen molar-refractivity contribution in [1.82, 2.24) is 5.32 Å². The van der Waals surface area contributed by atoms with E-state index in [-0.39, 0.29) is 6.04 Å². The number of aryl methyl sites for hydroxylation is 1. The van der Waals surface area contributed by atoms with Gasteiger partial charge in [0.2, 0.25) is 0 Å². The maximum Gasteiger partial charge on any atom is 0.0589 e. The molecule has 2 aromatic carbocycles. The number of benzene rings is 2. The van der Waals surface area contributed by atoms with Gasteiger partial charge in [-0.25, -0.2) is 0 Å². The summed E-state index contributed by atoms with van der Waals surface area (Å²) in [6.07, 6.45) is 0. The van der Waals surface area contributed by atoms with E-state index < -0.39 is 0 Å². The van der Waals surface area contributed by atoms with Gasteiger partial charge in [0.15, 0.2) is 0 Å². The second-order valence-corrected chi connectivity index (χ2v) is 5.65. The molecule has 0 heterocycles. The van der Waals surface area contributed by atoms with Crippen LogP contribution in [0.15, 0.2) is 36.4 Å². The second-order valence-electron chi connectivity index (χ2n) is 4.40. The molecule has 0 spiro atoms. The van der Waals surface area contributed by atoms with Crippen molar-refractivity contribution in [2.75, 3.05) is 7.05 Å². The standard InChI is InChI=1S/C15H14Cl3N/c1-9-3-4-10(7-13(9)17)15(19-2)12-6-5-11(16)8-14(12)18/h3-8,15,19H,1-2H3. The Morgan fingerprint density at radius 1 is 0.947 bits per heavy atom. The Balaban J connectivity index is 2.46. The maximum absolute atomic E-state index is 6.27. The van der Waals surface area contributed by atoms with Gasteiger partial charge in [-0.05, 0) is 48.9 Å². The number of hydrogen-bond acceptors (Lipinski definition) is 1. The highest BCUT2D eigenvalue weighted by atomic mass is 35.5. The average Bonchev–Trinajstić information content (AvgIpc) is 2.37. The maximum atomic E-state index is 6.27. The quantitative estimate of drug-likeness (QED) is 0.814. The summed E-state index contributed by atoms with van der Waals surface area (Å²) in [6.45, 7) is 1.98. The molecule has 0 fully saturated rings. The van der Waals surface area contributed by atoms with Crippen LogP contribution in [0.4, 0.5) is 0 Å². The molecule has 0 aliphatic rings. The van der Waals surface area contributed by atoms with Gasteiger partial charge in [-0.3, -0.25) is 0 Å². The predicted octanol–water partition coefficient (Wildman–Crippen LogP) is 5.26. The fraction of sp³-hybridized carbons (Fsp3) is 0.200. The molecule has 0 saturated carbocycles. The van der Waals surface area contributed by atoms with Crippen molar-refractivity contribution < 1.29 is 0 Å². The highest BCUT2D eigenvalue weighted by molar-refractivity contribution is 6.35. The number of rotatable bonds is 3. The minimum Gasteiger partial charge on any atom is -0.309 e. The predicted molar refractivity (Wildman–Crippen MR) is 83.6 cm³/mol. The first-order chi connectivity index (χ1) is 9.02. The highest BCUT2D eigenvalue weighted by Crippen LogP contribution is 2.31. The van der Waals surface area contributed by atoms with Crippen molar-refractivity contribution in [1.29, 1.82) is 0 Å². The summed E-state index contributed by atoms with van der Waals surface area (Å²) in [6, 6.07) is 11.5. The zero-order valence-electron chi connectivity index (χ0n) is 10.7. The number of hydrogen-bond donors (Lipinski definition) is 1. The minimum absolute atomic E-state index is 0.0112. The summed E-state index contributed by atoms with van der Waals surface area (Å²) in [5.41, 5.74) is 3.11. The highest BCUT2D eigenvalue weighted by Gasteiger charge is 2.16. The molecule has 0 bridgehead atoms. The van der Waals surface area contributed by atoms with Crippen LogP contribution < -0.4 is 5.32 Å². The number of nitrogens with one attached hydrogen (secondary N) is 1. The van der Waals surface area contributed by atoms with Crippen molar-refractivity contribution in [3.8, 4) is 0 Å². The van der Waals surface area contributed by atoms with Crippen molar-refractivity contribution in [3.63, 3.8) is 0 Å². The fourth-order valence-electron chi connectivity index (χ4n) is 2.03. The zero-order valence-corrected chi connectivity index (χ0v) is 12.9. The van der Waals surface area contributed by atoms with E-state index in [0.717, 1.165) is 21.7 Å². The van der Waals surface area contributed by atoms with E-state index in [1.54, 1.807) is 6.07 Å². The fourth-order valence-corrected chi connectivity index (χ4v) is 2.73. The summed E-state index contributed by atoms with van der Waals surface area (Å²) >= 11 is 18.4. The molecule has 0 radical (unpaired) electrons. The molecule has 100 valence electrons. The van der Waals surface area contributed by atoms with E-state index >= 15 is 0 Å². The Labute approximate surface area is 128 Å². The smallest absolute Gasteiger partial charge is 0.0589 e. The van der Waals surface area contributed by atoms with Crippen LogP contribution in [0, 0.1) is 6.92 Å². The third kappa shape index (κ3) is 3.24. The van der Waals surface area contributed by atoms with Gasteiger partial charge in [-0.1, -0.05) is 53.0 Å². The summed E-state index contributed by atoms with van der Waals surface area (Å²) in [7, 11) is 1.89. The third-order valence-electron chi connectivity index (χ3n) is 3.09. The third-order valence-corrected chi connectivity index (χ3v) is 4.06. The van der Waals surface area contributed by atoms with E-state index in [4.69, 9.17) is 34.8 Å².